The van der Waals surface area contributed by atoms with E-state index >= 15 is 0 Å². The first-order valence-electron chi connectivity index (χ1n) is 14.6. The molecule has 1 saturated heterocycles. The molecule has 0 bridgehead atoms. The molecule has 0 aliphatic carbocycles. The molecular weight excluding hydrogens is 637 g/mol. The van der Waals surface area contributed by atoms with Crippen LogP contribution >= 0.6 is 23.2 Å². The smallest absolute Gasteiger partial charge is 0.294 e. The zero-order chi connectivity index (χ0) is 31.4. The number of imidazole rings is 1. The zero-order valence-electron chi connectivity index (χ0n) is 24.4. The fraction of sp³-hybridized carbons (Fsp3) is 0.303. The summed E-state index contributed by atoms with van der Waals surface area (Å²) in [7, 11) is -4.19. The van der Waals surface area contributed by atoms with Crippen molar-refractivity contribution in [2.45, 2.75) is 42.7 Å². The molecule has 3 aromatic carbocycles. The van der Waals surface area contributed by atoms with E-state index in [1.54, 1.807) is 36.8 Å². The molecule has 2 atom stereocenters. The van der Waals surface area contributed by atoms with Crippen molar-refractivity contribution < 1.29 is 27.2 Å². The van der Waals surface area contributed by atoms with E-state index in [4.69, 9.17) is 42.0 Å². The summed E-state index contributed by atoms with van der Waals surface area (Å²) in [4.78, 5) is 6.40. The summed E-state index contributed by atoms with van der Waals surface area (Å²) < 4.78 is 52.7. The normalized spacial score (nSPS) is 20.7. The highest BCUT2D eigenvalue weighted by molar-refractivity contribution is 7.85. The number of nitrogens with zero attached hydrogens (tertiary/aromatic N) is 3. The Labute approximate surface area is 272 Å². The number of aromatic nitrogens is 2. The molecule has 0 radical (unpaired) electrons. The third-order valence-corrected chi connectivity index (χ3v) is 9.40. The van der Waals surface area contributed by atoms with Crippen molar-refractivity contribution in [2.75, 3.05) is 26.3 Å². The molecule has 2 unspecified atom stereocenters. The van der Waals surface area contributed by atoms with Gasteiger partial charge in [-0.3, -0.25) is 9.45 Å². The summed E-state index contributed by atoms with van der Waals surface area (Å²) in [5.41, 5.74) is 4.10. The first kappa shape index (κ1) is 31.7. The topological polar surface area (TPSA) is 103 Å². The second-order valence-electron chi connectivity index (χ2n) is 11.2. The lowest BCUT2D eigenvalue weighted by molar-refractivity contribution is -0.312. The van der Waals surface area contributed by atoms with Gasteiger partial charge in [0.1, 0.15) is 12.4 Å². The molecule has 1 N–H and O–H groups in total. The molecule has 0 spiro atoms. The molecule has 2 aliphatic heterocycles. The standard InChI is InChI=1S/C33H33Cl2N3O6S/c34-27-6-10-31(32(35)19-27)33(22-38-16-13-36-23-38)43-17-12-29(44-33)21-42-28-7-5-26-20-37(15-11-25(26)18-28)14-1-2-24-3-8-30(9-4-24)45(39,40)41/h1-10,13,16,18-19,23,29H,11-12,14-15,17,20-22H2,(H,39,40,41)/b2-1-. The monoisotopic (exact) mass is 669 g/mol. The first-order valence-corrected chi connectivity index (χ1v) is 16.8. The number of halogens is 2. The Morgan fingerprint density at radius 2 is 1.93 bits per heavy atom. The van der Waals surface area contributed by atoms with Crippen LogP contribution in [0.15, 0.2) is 90.4 Å². The maximum absolute atomic E-state index is 11.2. The maximum Gasteiger partial charge on any atom is 0.294 e. The van der Waals surface area contributed by atoms with E-state index < -0.39 is 15.9 Å². The van der Waals surface area contributed by atoms with E-state index in [9.17, 15) is 8.42 Å². The van der Waals surface area contributed by atoms with Crippen LogP contribution in [-0.4, -0.2) is 59.8 Å². The average molecular weight is 671 g/mol. The third-order valence-electron chi connectivity index (χ3n) is 7.98. The summed E-state index contributed by atoms with van der Waals surface area (Å²) >= 11 is 12.8. The molecule has 45 heavy (non-hydrogen) atoms. The second-order valence-corrected chi connectivity index (χ2v) is 13.4. The van der Waals surface area contributed by atoms with Gasteiger partial charge >= 0.3 is 0 Å². The van der Waals surface area contributed by atoms with E-state index in [0.29, 0.717) is 41.8 Å². The number of benzene rings is 3. The van der Waals surface area contributed by atoms with E-state index in [2.05, 4.69) is 28.1 Å². The summed E-state index contributed by atoms with van der Waals surface area (Å²) in [5.74, 6) is -0.318. The van der Waals surface area contributed by atoms with Crippen molar-refractivity contribution >= 4 is 39.4 Å². The van der Waals surface area contributed by atoms with Crippen LogP contribution in [0.25, 0.3) is 6.08 Å². The fourth-order valence-electron chi connectivity index (χ4n) is 5.67. The van der Waals surface area contributed by atoms with Gasteiger partial charge in [-0.15, -0.1) is 0 Å². The van der Waals surface area contributed by atoms with Crippen molar-refractivity contribution in [2.24, 2.45) is 0 Å². The lowest BCUT2D eigenvalue weighted by atomic mass is 9.99. The number of hydrogen-bond donors (Lipinski definition) is 1. The number of ether oxygens (including phenoxy) is 3. The van der Waals surface area contributed by atoms with E-state index in [1.807, 2.05) is 29.0 Å². The van der Waals surface area contributed by atoms with Gasteiger partial charge < -0.3 is 18.8 Å². The van der Waals surface area contributed by atoms with Crippen molar-refractivity contribution in [3.63, 3.8) is 0 Å². The Kier molecular flexibility index (Phi) is 9.62. The summed E-state index contributed by atoms with van der Waals surface area (Å²) in [6, 6.07) is 17.7. The van der Waals surface area contributed by atoms with Gasteiger partial charge in [0.2, 0.25) is 5.79 Å². The Hall–Kier alpha value is -3.22. The largest absolute Gasteiger partial charge is 0.491 e. The van der Waals surface area contributed by atoms with E-state index in [0.717, 1.165) is 37.4 Å². The van der Waals surface area contributed by atoms with Crippen molar-refractivity contribution in [3.05, 3.63) is 118 Å². The van der Waals surface area contributed by atoms with Gasteiger partial charge in [0.05, 0.1) is 35.5 Å². The molecule has 0 amide bonds. The fourth-order valence-corrected chi connectivity index (χ4v) is 6.71. The Morgan fingerprint density at radius 3 is 2.69 bits per heavy atom. The van der Waals surface area contributed by atoms with Crippen LogP contribution in [-0.2, 0) is 44.9 Å². The third kappa shape index (κ3) is 7.78. The number of rotatable bonds is 10. The minimum Gasteiger partial charge on any atom is -0.491 e. The molecule has 9 nitrogen and oxygen atoms in total. The molecule has 1 fully saturated rings. The molecule has 236 valence electrons. The molecule has 6 rings (SSSR count). The predicted octanol–water partition coefficient (Wildman–Crippen LogP) is 6.25. The molecule has 0 saturated carbocycles. The lowest BCUT2D eigenvalue weighted by Crippen LogP contribution is -2.47. The van der Waals surface area contributed by atoms with Crippen LogP contribution in [0.2, 0.25) is 10.0 Å². The zero-order valence-corrected chi connectivity index (χ0v) is 26.7. The van der Waals surface area contributed by atoms with Crippen molar-refractivity contribution in [1.82, 2.24) is 14.5 Å². The van der Waals surface area contributed by atoms with Gasteiger partial charge in [-0.2, -0.15) is 8.42 Å². The highest BCUT2D eigenvalue weighted by Gasteiger charge is 2.42. The second kappa shape index (κ2) is 13.6. The number of fused-ring (bicyclic) bond motifs is 1. The van der Waals surface area contributed by atoms with Gasteiger partial charge in [0, 0.05) is 49.0 Å². The molecular formula is C33H33Cl2N3O6S. The Morgan fingerprint density at radius 1 is 1.09 bits per heavy atom. The van der Waals surface area contributed by atoms with Crippen LogP contribution in [0.4, 0.5) is 0 Å². The molecule has 4 aromatic rings. The minimum absolute atomic E-state index is 0.113. The van der Waals surface area contributed by atoms with Crippen molar-refractivity contribution in [3.8, 4) is 5.75 Å². The van der Waals surface area contributed by atoms with Gasteiger partial charge in [-0.25, -0.2) is 4.98 Å². The highest BCUT2D eigenvalue weighted by Crippen LogP contribution is 2.40. The average Bonchev–Trinajstić information content (AvgIpc) is 3.52. The van der Waals surface area contributed by atoms with Crippen LogP contribution in [0, 0.1) is 0 Å². The van der Waals surface area contributed by atoms with Crippen LogP contribution < -0.4 is 4.74 Å². The minimum atomic E-state index is -4.19. The molecule has 2 aliphatic rings. The maximum atomic E-state index is 11.2. The predicted molar refractivity (Wildman–Crippen MR) is 172 cm³/mol. The number of hydrogen-bond acceptors (Lipinski definition) is 7. The Bertz CT molecular complexity index is 1770. The van der Waals surface area contributed by atoms with Gasteiger partial charge in [0.25, 0.3) is 10.1 Å². The summed E-state index contributed by atoms with van der Waals surface area (Å²) in [6.07, 6.45) is 10.6. The van der Waals surface area contributed by atoms with Gasteiger partial charge in [-0.1, -0.05) is 59.6 Å². The quantitative estimate of drug-likeness (QED) is 0.198. The molecule has 3 heterocycles. The summed E-state index contributed by atoms with van der Waals surface area (Å²) in [5, 5.41) is 1.01. The first-order chi connectivity index (χ1) is 21.7. The van der Waals surface area contributed by atoms with Crippen LogP contribution in [0.3, 0.4) is 0 Å². The van der Waals surface area contributed by atoms with Gasteiger partial charge in [-0.05, 0) is 59.5 Å². The molecule has 12 heteroatoms. The highest BCUT2D eigenvalue weighted by atomic mass is 35.5. The lowest BCUT2D eigenvalue weighted by Gasteiger charge is -2.41. The molecule has 1 aromatic heterocycles. The SMILES string of the molecule is O=S(=O)(O)c1ccc(/C=C\CN2CCc3cc(OCC4CCOC(Cn5ccnc5)(c5ccc(Cl)cc5Cl)O4)ccc3C2)cc1. The summed E-state index contributed by atoms with van der Waals surface area (Å²) in [6.45, 7) is 3.70. The van der Waals surface area contributed by atoms with E-state index in [1.165, 1.54) is 23.3 Å². The van der Waals surface area contributed by atoms with E-state index in [-0.39, 0.29) is 11.0 Å². The van der Waals surface area contributed by atoms with Gasteiger partial charge in [0.15, 0.2) is 0 Å². The van der Waals surface area contributed by atoms with Crippen LogP contribution in [0.1, 0.15) is 28.7 Å². The van der Waals surface area contributed by atoms with Crippen LogP contribution in [0.5, 0.6) is 5.75 Å². The Balaban J connectivity index is 1.06. The van der Waals surface area contributed by atoms with Crippen molar-refractivity contribution in [1.29, 1.82) is 0 Å².